The van der Waals surface area contributed by atoms with Crippen molar-refractivity contribution < 1.29 is 9.47 Å². The molecular formula is C21H20N4O2. The first-order valence-electron chi connectivity index (χ1n) is 8.61. The number of hydrogen-bond acceptors (Lipinski definition) is 5. The first kappa shape index (κ1) is 17.0. The van der Waals surface area contributed by atoms with E-state index in [4.69, 9.17) is 14.5 Å². The van der Waals surface area contributed by atoms with Gasteiger partial charge in [-0.2, -0.15) is 5.10 Å². The molecule has 0 saturated carbocycles. The van der Waals surface area contributed by atoms with Gasteiger partial charge in [0.05, 0.1) is 31.4 Å². The first-order valence-corrected chi connectivity index (χ1v) is 8.61. The molecule has 4 aromatic rings. The number of nitrogens with zero attached hydrogens (tertiary/aromatic N) is 4. The Balaban J connectivity index is 1.68. The summed E-state index contributed by atoms with van der Waals surface area (Å²) in [6.45, 7) is 0. The van der Waals surface area contributed by atoms with Gasteiger partial charge in [-0.1, -0.05) is 0 Å². The molecule has 0 saturated heterocycles. The summed E-state index contributed by atoms with van der Waals surface area (Å²) < 4.78 is 12.5. The molecule has 27 heavy (non-hydrogen) atoms. The van der Waals surface area contributed by atoms with Gasteiger partial charge in [-0.25, -0.2) is 0 Å². The molecule has 0 aliphatic heterocycles. The van der Waals surface area contributed by atoms with E-state index in [1.165, 1.54) is 0 Å². The lowest BCUT2D eigenvalue weighted by molar-refractivity contribution is 0.393. The summed E-state index contributed by atoms with van der Waals surface area (Å²) in [6.07, 6.45) is 6.33. The van der Waals surface area contributed by atoms with Gasteiger partial charge in [-0.05, 0) is 35.9 Å². The molecule has 0 atom stereocenters. The lowest BCUT2D eigenvalue weighted by Gasteiger charge is -2.09. The Morgan fingerprint density at radius 2 is 1.67 bits per heavy atom. The third-order valence-electron chi connectivity index (χ3n) is 4.43. The molecule has 0 radical (unpaired) electrons. The molecule has 0 bridgehead atoms. The van der Waals surface area contributed by atoms with Crippen LogP contribution in [0.2, 0.25) is 0 Å². The minimum Gasteiger partial charge on any atom is -0.497 e. The Hall–Kier alpha value is -3.41. The monoisotopic (exact) mass is 360 g/mol. The zero-order valence-electron chi connectivity index (χ0n) is 15.5. The molecular weight excluding hydrogens is 340 g/mol. The van der Waals surface area contributed by atoms with Crippen LogP contribution in [-0.2, 0) is 13.5 Å². The molecule has 1 aromatic carbocycles. The third-order valence-corrected chi connectivity index (χ3v) is 4.43. The molecule has 4 rings (SSSR count). The van der Waals surface area contributed by atoms with Gasteiger partial charge in [-0.3, -0.25) is 14.6 Å². The fourth-order valence-corrected chi connectivity index (χ4v) is 3.05. The van der Waals surface area contributed by atoms with E-state index < -0.39 is 0 Å². The van der Waals surface area contributed by atoms with Crippen LogP contribution in [0.4, 0.5) is 0 Å². The summed E-state index contributed by atoms with van der Waals surface area (Å²) in [7, 11) is 5.20. The van der Waals surface area contributed by atoms with Gasteiger partial charge in [-0.15, -0.1) is 0 Å². The number of methoxy groups -OCH3 is 2. The van der Waals surface area contributed by atoms with Crippen molar-refractivity contribution >= 4 is 11.0 Å². The lowest BCUT2D eigenvalue weighted by Crippen LogP contribution is -1.96. The van der Waals surface area contributed by atoms with Crippen LogP contribution in [0.3, 0.4) is 0 Å². The Kier molecular flexibility index (Phi) is 4.46. The summed E-state index contributed by atoms with van der Waals surface area (Å²) in [5.74, 6) is 1.54. The maximum absolute atomic E-state index is 5.35. The first-order chi connectivity index (χ1) is 13.1. The maximum atomic E-state index is 5.35. The quantitative estimate of drug-likeness (QED) is 0.544. The van der Waals surface area contributed by atoms with Gasteiger partial charge in [0, 0.05) is 48.7 Å². The van der Waals surface area contributed by atoms with E-state index in [0.717, 1.165) is 44.9 Å². The molecule has 0 aliphatic carbocycles. The van der Waals surface area contributed by atoms with Crippen molar-refractivity contribution in [1.29, 1.82) is 0 Å². The fourth-order valence-electron chi connectivity index (χ4n) is 3.05. The van der Waals surface area contributed by atoms with Gasteiger partial charge < -0.3 is 9.47 Å². The van der Waals surface area contributed by atoms with Crippen LogP contribution in [-0.4, -0.2) is 34.0 Å². The predicted molar refractivity (Wildman–Crippen MR) is 104 cm³/mol. The van der Waals surface area contributed by atoms with Crippen molar-refractivity contribution in [2.75, 3.05) is 14.2 Å². The molecule has 6 heteroatoms. The number of aromatic nitrogens is 4. The van der Waals surface area contributed by atoms with Crippen LogP contribution in [0, 0.1) is 0 Å². The zero-order valence-corrected chi connectivity index (χ0v) is 15.5. The number of pyridine rings is 2. The smallest absolute Gasteiger partial charge is 0.122 e. The van der Waals surface area contributed by atoms with Crippen molar-refractivity contribution in [1.82, 2.24) is 19.7 Å². The maximum Gasteiger partial charge on any atom is 0.122 e. The van der Waals surface area contributed by atoms with Crippen LogP contribution in [0.1, 0.15) is 11.3 Å². The van der Waals surface area contributed by atoms with E-state index in [2.05, 4.69) is 16.1 Å². The van der Waals surface area contributed by atoms with Crippen molar-refractivity contribution in [3.63, 3.8) is 0 Å². The number of fused-ring (bicyclic) bond motifs is 1. The second-order valence-corrected chi connectivity index (χ2v) is 6.37. The number of hydrogen-bond donors (Lipinski definition) is 0. The Morgan fingerprint density at radius 1 is 0.889 bits per heavy atom. The summed E-state index contributed by atoms with van der Waals surface area (Å²) in [5.41, 5.74) is 5.80. The number of aryl methyl sites for hydroxylation is 1. The molecule has 136 valence electrons. The zero-order chi connectivity index (χ0) is 18.8. The molecule has 0 aliphatic rings. The third kappa shape index (κ3) is 3.60. The van der Waals surface area contributed by atoms with Crippen molar-refractivity contribution in [2.24, 2.45) is 7.05 Å². The summed E-state index contributed by atoms with van der Waals surface area (Å²) in [5, 5.41) is 4.22. The second kappa shape index (κ2) is 7.07. The van der Waals surface area contributed by atoms with Crippen molar-refractivity contribution in [3.8, 4) is 22.6 Å². The minimum absolute atomic E-state index is 0.681. The average Bonchev–Trinajstić information content (AvgIpc) is 3.13. The molecule has 3 heterocycles. The van der Waals surface area contributed by atoms with Gasteiger partial charge in [0.25, 0.3) is 0 Å². The van der Waals surface area contributed by atoms with Crippen LogP contribution < -0.4 is 9.47 Å². The van der Waals surface area contributed by atoms with Gasteiger partial charge in [0.15, 0.2) is 0 Å². The molecule has 0 unspecified atom stereocenters. The minimum atomic E-state index is 0.681. The van der Waals surface area contributed by atoms with E-state index in [9.17, 15) is 0 Å². The van der Waals surface area contributed by atoms with E-state index in [0.29, 0.717) is 6.42 Å². The lowest BCUT2D eigenvalue weighted by atomic mass is 10.1. The summed E-state index contributed by atoms with van der Waals surface area (Å²) >= 11 is 0. The average molecular weight is 360 g/mol. The Bertz CT molecular complexity index is 1080. The molecule has 0 fully saturated rings. The summed E-state index contributed by atoms with van der Waals surface area (Å²) in [6, 6.07) is 11.9. The topological polar surface area (TPSA) is 62.1 Å². The second-order valence-electron chi connectivity index (χ2n) is 6.37. The van der Waals surface area contributed by atoms with E-state index in [1.807, 2.05) is 56.0 Å². The predicted octanol–water partition coefficient (Wildman–Crippen LogP) is 3.64. The highest BCUT2D eigenvalue weighted by molar-refractivity contribution is 5.80. The molecule has 6 nitrogen and oxygen atoms in total. The SMILES string of the molecule is COc1cc(Cc2ccc3ncc(-c4cnn(C)c4)cc3n2)cc(OC)c1. The summed E-state index contributed by atoms with van der Waals surface area (Å²) in [4.78, 5) is 9.33. The molecule has 0 spiro atoms. The highest BCUT2D eigenvalue weighted by atomic mass is 16.5. The number of ether oxygens (including phenoxy) is 2. The Morgan fingerprint density at radius 3 is 2.33 bits per heavy atom. The molecule has 0 amide bonds. The van der Waals surface area contributed by atoms with E-state index in [-0.39, 0.29) is 0 Å². The van der Waals surface area contributed by atoms with Crippen LogP contribution >= 0.6 is 0 Å². The van der Waals surface area contributed by atoms with Gasteiger partial charge in [0.2, 0.25) is 0 Å². The largest absolute Gasteiger partial charge is 0.497 e. The van der Waals surface area contributed by atoms with E-state index in [1.54, 1.807) is 18.9 Å². The van der Waals surface area contributed by atoms with Gasteiger partial charge >= 0.3 is 0 Å². The number of rotatable bonds is 5. The van der Waals surface area contributed by atoms with Crippen LogP contribution in [0.25, 0.3) is 22.2 Å². The molecule has 0 N–H and O–H groups in total. The van der Waals surface area contributed by atoms with Crippen molar-refractivity contribution in [3.05, 3.63) is 66.2 Å². The normalized spacial score (nSPS) is 10.9. The van der Waals surface area contributed by atoms with E-state index >= 15 is 0 Å². The van der Waals surface area contributed by atoms with Crippen LogP contribution in [0.5, 0.6) is 11.5 Å². The van der Waals surface area contributed by atoms with Crippen LogP contribution in [0.15, 0.2) is 55.0 Å². The highest BCUT2D eigenvalue weighted by Crippen LogP contribution is 2.25. The highest BCUT2D eigenvalue weighted by Gasteiger charge is 2.07. The number of benzene rings is 1. The standard InChI is InChI=1S/C21H20N4O2/c1-25-13-16(12-23-25)15-9-21-20(22-11-15)5-4-17(24-21)6-14-7-18(26-2)10-19(8-14)27-3/h4-5,7-13H,6H2,1-3H3. The fraction of sp³-hybridized carbons (Fsp3) is 0.190. The van der Waals surface area contributed by atoms with Gasteiger partial charge in [0.1, 0.15) is 11.5 Å². The van der Waals surface area contributed by atoms with Crippen molar-refractivity contribution in [2.45, 2.75) is 6.42 Å². The Labute approximate surface area is 157 Å². The molecule has 3 aromatic heterocycles.